The van der Waals surface area contributed by atoms with E-state index in [1.165, 1.54) is 0 Å². The van der Waals surface area contributed by atoms with Gasteiger partial charge in [0.15, 0.2) is 0 Å². The molecule has 0 saturated carbocycles. The summed E-state index contributed by atoms with van der Waals surface area (Å²) in [6.07, 6.45) is 4.50. The predicted octanol–water partition coefficient (Wildman–Crippen LogP) is 2.76. The lowest BCUT2D eigenvalue weighted by atomic mass is 9.99. The number of ether oxygens (including phenoxy) is 1. The molecule has 3 nitrogen and oxygen atoms in total. The lowest BCUT2D eigenvalue weighted by Crippen LogP contribution is -2.19. The molecule has 0 saturated heterocycles. The molecule has 0 aliphatic rings. The number of carbonyl (C=O) groups is 1. The highest BCUT2D eigenvalue weighted by Gasteiger charge is 2.12. The van der Waals surface area contributed by atoms with E-state index >= 15 is 0 Å². The average Bonchev–Trinajstić information content (AvgIpc) is 2.24. The second-order valence-electron chi connectivity index (χ2n) is 4.82. The molecular weight excluding hydrogens is 204 g/mol. The van der Waals surface area contributed by atoms with Crippen LogP contribution < -0.4 is 0 Å². The van der Waals surface area contributed by atoms with Crippen LogP contribution in [0.1, 0.15) is 52.9 Å². The molecule has 0 aromatic rings. The Hall–Kier alpha value is -0.570. The van der Waals surface area contributed by atoms with Crippen molar-refractivity contribution in [1.82, 2.24) is 0 Å². The van der Waals surface area contributed by atoms with E-state index in [9.17, 15) is 4.79 Å². The van der Waals surface area contributed by atoms with Crippen LogP contribution in [0.3, 0.4) is 0 Å². The van der Waals surface area contributed by atoms with Crippen LogP contribution in [0.4, 0.5) is 0 Å². The van der Waals surface area contributed by atoms with Crippen molar-refractivity contribution in [1.29, 1.82) is 0 Å². The van der Waals surface area contributed by atoms with Crippen LogP contribution >= 0.6 is 0 Å². The van der Waals surface area contributed by atoms with E-state index in [0.717, 1.165) is 25.7 Å². The molecule has 0 radical (unpaired) electrons. The molecule has 0 rings (SSSR count). The van der Waals surface area contributed by atoms with Gasteiger partial charge < -0.3 is 9.84 Å². The summed E-state index contributed by atoms with van der Waals surface area (Å²) in [6, 6.07) is 0. The highest BCUT2D eigenvalue weighted by molar-refractivity contribution is 5.69. The minimum atomic E-state index is -0.129. The molecule has 0 aliphatic heterocycles. The molecule has 1 unspecified atom stereocenters. The summed E-state index contributed by atoms with van der Waals surface area (Å²) >= 11 is 0. The van der Waals surface area contributed by atoms with Crippen LogP contribution in [0, 0.1) is 11.8 Å². The van der Waals surface area contributed by atoms with E-state index in [0.29, 0.717) is 18.9 Å². The largest absolute Gasteiger partial charge is 0.465 e. The van der Waals surface area contributed by atoms with Gasteiger partial charge in [0.1, 0.15) is 0 Å². The Bertz CT molecular complexity index is 178. The first-order valence-electron chi connectivity index (χ1n) is 6.36. The quantitative estimate of drug-likeness (QED) is 0.489. The highest BCUT2D eigenvalue weighted by Crippen LogP contribution is 2.12. The molecule has 0 fully saturated rings. The van der Waals surface area contributed by atoms with Gasteiger partial charge in [0.2, 0.25) is 0 Å². The van der Waals surface area contributed by atoms with Crippen molar-refractivity contribution >= 4 is 5.97 Å². The van der Waals surface area contributed by atoms with Crippen LogP contribution in [0.2, 0.25) is 0 Å². The minimum absolute atomic E-state index is 0.0927. The number of carbonyl (C=O) groups excluding carboxylic acids is 1. The van der Waals surface area contributed by atoms with Crippen molar-refractivity contribution in [3.63, 3.8) is 0 Å². The van der Waals surface area contributed by atoms with Gasteiger partial charge in [-0.15, -0.1) is 0 Å². The molecule has 0 aromatic carbocycles. The van der Waals surface area contributed by atoms with Crippen molar-refractivity contribution in [2.45, 2.75) is 52.9 Å². The third-order valence-corrected chi connectivity index (χ3v) is 2.53. The fourth-order valence-corrected chi connectivity index (χ4v) is 1.66. The Balaban J connectivity index is 3.62. The van der Waals surface area contributed by atoms with Crippen LogP contribution in [0.5, 0.6) is 0 Å². The fraction of sp³-hybridized carbons (Fsp3) is 0.923. The van der Waals surface area contributed by atoms with Crippen LogP contribution in [0.15, 0.2) is 0 Å². The maximum absolute atomic E-state index is 11.3. The van der Waals surface area contributed by atoms with E-state index in [4.69, 9.17) is 9.84 Å². The number of rotatable bonds is 9. The lowest BCUT2D eigenvalue weighted by Gasteiger charge is -2.16. The molecule has 0 spiro atoms. The first-order chi connectivity index (χ1) is 7.60. The second kappa shape index (κ2) is 9.64. The van der Waals surface area contributed by atoms with Gasteiger partial charge in [-0.2, -0.15) is 0 Å². The molecule has 1 atom stereocenters. The molecule has 16 heavy (non-hydrogen) atoms. The number of hydrogen-bond acceptors (Lipinski definition) is 3. The third-order valence-electron chi connectivity index (χ3n) is 2.53. The van der Waals surface area contributed by atoms with Gasteiger partial charge >= 0.3 is 5.97 Å². The normalized spacial score (nSPS) is 12.8. The molecule has 0 bridgehead atoms. The summed E-state index contributed by atoms with van der Waals surface area (Å²) in [5.41, 5.74) is 0. The maximum Gasteiger partial charge on any atom is 0.305 e. The molecular formula is C13H26O3. The zero-order valence-electron chi connectivity index (χ0n) is 10.9. The average molecular weight is 230 g/mol. The van der Waals surface area contributed by atoms with Crippen molar-refractivity contribution < 1.29 is 14.6 Å². The van der Waals surface area contributed by atoms with E-state index in [-0.39, 0.29) is 18.5 Å². The molecule has 0 aliphatic carbocycles. The molecule has 0 heterocycles. The number of aliphatic hydroxyl groups excluding tert-OH is 1. The number of hydrogen-bond donors (Lipinski definition) is 1. The molecule has 0 aromatic heterocycles. The van der Waals surface area contributed by atoms with Gasteiger partial charge in [0.05, 0.1) is 6.61 Å². The number of unbranched alkanes of at least 4 members (excludes halogenated alkanes) is 2. The van der Waals surface area contributed by atoms with Gasteiger partial charge in [-0.25, -0.2) is 0 Å². The zero-order chi connectivity index (χ0) is 12.4. The van der Waals surface area contributed by atoms with Gasteiger partial charge in [-0.3, -0.25) is 4.79 Å². The summed E-state index contributed by atoms with van der Waals surface area (Å²) in [5.74, 6) is 0.488. The van der Waals surface area contributed by atoms with Crippen molar-refractivity contribution in [2.75, 3.05) is 13.2 Å². The minimum Gasteiger partial charge on any atom is -0.465 e. The third kappa shape index (κ3) is 8.72. The summed E-state index contributed by atoms with van der Waals surface area (Å²) in [7, 11) is 0. The van der Waals surface area contributed by atoms with Crippen molar-refractivity contribution in [3.05, 3.63) is 0 Å². The van der Waals surface area contributed by atoms with E-state index in [2.05, 4.69) is 20.8 Å². The second-order valence-corrected chi connectivity index (χ2v) is 4.82. The Morgan fingerprint density at radius 1 is 1.31 bits per heavy atom. The van der Waals surface area contributed by atoms with E-state index in [1.807, 2.05) is 0 Å². The summed E-state index contributed by atoms with van der Waals surface area (Å²) in [6.45, 7) is 6.77. The molecule has 1 N–H and O–H groups in total. The van der Waals surface area contributed by atoms with Crippen LogP contribution in [-0.4, -0.2) is 24.3 Å². The Morgan fingerprint density at radius 3 is 2.50 bits per heavy atom. The van der Waals surface area contributed by atoms with Gasteiger partial charge in [-0.1, -0.05) is 33.6 Å². The monoisotopic (exact) mass is 230 g/mol. The maximum atomic E-state index is 11.3. The standard InChI is InChI=1S/C13H26O3/c1-4-5-6-7-13(15)16-10-12(9-14)8-11(2)3/h11-12,14H,4-10H2,1-3H3. The van der Waals surface area contributed by atoms with Crippen LogP contribution in [0.25, 0.3) is 0 Å². The number of esters is 1. The summed E-state index contributed by atoms with van der Waals surface area (Å²) in [5, 5.41) is 9.11. The first-order valence-corrected chi connectivity index (χ1v) is 6.36. The fourth-order valence-electron chi connectivity index (χ4n) is 1.66. The topological polar surface area (TPSA) is 46.5 Å². The molecule has 3 heteroatoms. The van der Waals surface area contributed by atoms with Crippen LogP contribution in [-0.2, 0) is 9.53 Å². The van der Waals surface area contributed by atoms with Crippen molar-refractivity contribution in [2.24, 2.45) is 11.8 Å². The van der Waals surface area contributed by atoms with Gasteiger partial charge in [0, 0.05) is 18.9 Å². The zero-order valence-corrected chi connectivity index (χ0v) is 10.9. The smallest absolute Gasteiger partial charge is 0.305 e. The van der Waals surface area contributed by atoms with E-state index in [1.54, 1.807) is 0 Å². The predicted molar refractivity (Wildman–Crippen MR) is 65.1 cm³/mol. The van der Waals surface area contributed by atoms with Gasteiger partial charge in [-0.05, 0) is 18.8 Å². The Kier molecular flexibility index (Phi) is 9.30. The molecule has 96 valence electrons. The SMILES string of the molecule is CCCCCC(=O)OCC(CO)CC(C)C. The summed E-state index contributed by atoms with van der Waals surface area (Å²) < 4.78 is 5.14. The highest BCUT2D eigenvalue weighted by atomic mass is 16.5. The number of aliphatic hydroxyl groups is 1. The Labute approximate surface area is 99.2 Å². The first kappa shape index (κ1) is 15.4. The lowest BCUT2D eigenvalue weighted by molar-refractivity contribution is -0.145. The van der Waals surface area contributed by atoms with Gasteiger partial charge in [0.25, 0.3) is 0 Å². The Morgan fingerprint density at radius 2 is 2.00 bits per heavy atom. The molecule has 0 amide bonds. The summed E-state index contributed by atoms with van der Waals surface area (Å²) in [4.78, 5) is 11.3. The van der Waals surface area contributed by atoms with Crippen molar-refractivity contribution in [3.8, 4) is 0 Å². The van der Waals surface area contributed by atoms with E-state index < -0.39 is 0 Å².